The van der Waals surface area contributed by atoms with E-state index in [2.05, 4.69) is 29.9 Å². The molecule has 96 heavy (non-hydrogen) atoms. The maximum atomic E-state index is 10.2. The number of fused-ring (bicyclic) bond motifs is 6. The van der Waals surface area contributed by atoms with E-state index in [-0.39, 0.29) is 58.3 Å². The van der Waals surface area contributed by atoms with Gasteiger partial charge in [-0.1, -0.05) is 69.6 Å². The van der Waals surface area contributed by atoms with Crippen LogP contribution in [0.4, 0.5) is 34.1 Å². The zero-order valence-electron chi connectivity index (χ0n) is 63.0. The monoisotopic (exact) mass is 1430 g/mol. The van der Waals surface area contributed by atoms with E-state index in [1.807, 2.05) is 0 Å². The van der Waals surface area contributed by atoms with Crippen LogP contribution >= 0.6 is 69.6 Å². The molecule has 6 aromatic heterocycles. The third-order valence-electron chi connectivity index (χ3n) is 13.7. The van der Waals surface area contributed by atoms with Crippen molar-refractivity contribution in [2.24, 2.45) is 0 Å². The molecule has 18 nitrogen and oxygen atoms in total. The number of anilines is 6. The average Bonchev–Trinajstić information content (AvgIpc) is 0.791. The Labute approximate surface area is 599 Å². The fourth-order valence-corrected chi connectivity index (χ4v) is 10.4. The third kappa shape index (κ3) is 19.6. The molecule has 0 aliphatic heterocycles. The predicted molar refractivity (Wildman–Crippen MR) is 398 cm³/mol. The van der Waals surface area contributed by atoms with Crippen molar-refractivity contribution in [3.05, 3.63) is 210 Å². The van der Waals surface area contributed by atoms with Gasteiger partial charge < -0.3 is 65.0 Å². The Morgan fingerprint density at radius 3 is 0.938 bits per heavy atom. The highest BCUT2D eigenvalue weighted by Crippen LogP contribution is 2.35. The first-order valence-corrected chi connectivity index (χ1v) is 31.3. The van der Waals surface area contributed by atoms with Crippen molar-refractivity contribution in [2.45, 2.75) is 117 Å². The van der Waals surface area contributed by atoms with Gasteiger partial charge in [0.25, 0.3) is 0 Å². The summed E-state index contributed by atoms with van der Waals surface area (Å²) in [7, 11) is 0. The standard InChI is InChI=1S/6C12H13ClN2O/c6*1-12(2,16)11-9(14)6-7-5-8(13)3-4-10(7)15-11/h6*3-6,16H,14H2,1-2H3/i3D,5D;6D;5D;4D;3D;1D3. The van der Waals surface area contributed by atoms with Gasteiger partial charge in [0.15, 0.2) is 0 Å². The molecule has 24 heteroatoms. The van der Waals surface area contributed by atoms with Crippen LogP contribution in [0.15, 0.2) is 145 Å². The van der Waals surface area contributed by atoms with Crippen LogP contribution in [0.3, 0.4) is 0 Å². The summed E-state index contributed by atoms with van der Waals surface area (Å²) in [5.41, 5.74) is 34.0. The number of aromatic nitrogens is 6. The second-order valence-electron chi connectivity index (χ2n) is 24.9. The number of aliphatic hydroxyl groups is 6. The molecule has 504 valence electrons. The quantitative estimate of drug-likeness (QED) is 0.0736. The van der Waals surface area contributed by atoms with Gasteiger partial charge in [-0.3, -0.25) is 0 Å². The number of hydrogen-bond donors (Lipinski definition) is 12. The molecule has 1 atom stereocenters. The van der Waals surface area contributed by atoms with Crippen molar-refractivity contribution in [3.8, 4) is 0 Å². The molecule has 0 amide bonds. The number of halogens is 6. The fourth-order valence-electron chi connectivity index (χ4n) is 9.41. The van der Waals surface area contributed by atoms with E-state index in [4.69, 9.17) is 116 Å². The SMILES string of the molecule is [2H]C([2H])([2H])C(C)(O)c1nc2ccc(Cl)cc2cc1N.[2H]c1c(Cl)ccc2nc(C(C)(C)O)c(N)cc12.[2H]c1c(N)c(C(C)(C)O)nc2ccc(Cl)cc12.[2H]c1cc(Cl)cc2cc(N)c(C(C)(C)O)nc12.[2H]c1cc2nc(C(C)(C)O)c(N)cc2c([2H])c1Cl.[2H]c1cc2nc(C(C)(C)O)c(N)cc2cc1Cl. The van der Waals surface area contributed by atoms with Crippen molar-refractivity contribution in [2.75, 3.05) is 34.4 Å². The summed E-state index contributed by atoms with van der Waals surface area (Å²) in [6.45, 7) is 14.6. The zero-order valence-corrected chi connectivity index (χ0v) is 58.5. The van der Waals surface area contributed by atoms with E-state index in [1.165, 1.54) is 19.1 Å². The summed E-state index contributed by atoms with van der Waals surface area (Å²) in [6.07, 6.45) is 0. The summed E-state index contributed by atoms with van der Waals surface area (Å²) in [4.78, 5) is 25.5. The first kappa shape index (κ1) is 62.9. The second-order valence-corrected chi connectivity index (χ2v) is 27.4. The number of nitrogen functional groups attached to an aromatic ring is 6. The molecule has 6 aromatic carbocycles. The molecule has 0 bridgehead atoms. The first-order valence-electron chi connectivity index (χ1n) is 33.6. The second kappa shape index (κ2) is 29.4. The summed E-state index contributed by atoms with van der Waals surface area (Å²) >= 11 is 35.2. The van der Waals surface area contributed by atoms with Crippen LogP contribution in [-0.2, 0) is 33.6 Å². The van der Waals surface area contributed by atoms with Crippen LogP contribution in [0, 0.1) is 0 Å². The highest BCUT2D eigenvalue weighted by atomic mass is 35.5. The fraction of sp³-hybridized carbons (Fsp3) is 0.250. The maximum Gasteiger partial charge on any atom is 0.103 e. The molecule has 0 radical (unpaired) electrons. The topological polar surface area (TPSA) is 355 Å². The van der Waals surface area contributed by atoms with E-state index < -0.39 is 40.5 Å². The van der Waals surface area contributed by atoms with Crippen LogP contribution < -0.4 is 34.4 Å². The lowest BCUT2D eigenvalue weighted by Gasteiger charge is -2.19. The van der Waals surface area contributed by atoms with Gasteiger partial charge in [0.2, 0.25) is 0 Å². The van der Waals surface area contributed by atoms with E-state index in [9.17, 15) is 30.6 Å². The van der Waals surface area contributed by atoms with Crippen molar-refractivity contribution in [1.82, 2.24) is 29.9 Å². The van der Waals surface area contributed by atoms with Gasteiger partial charge in [-0.25, -0.2) is 29.9 Å². The number of pyridine rings is 6. The highest BCUT2D eigenvalue weighted by Gasteiger charge is 2.27. The van der Waals surface area contributed by atoms with Crippen LogP contribution in [0.1, 0.15) is 130 Å². The lowest BCUT2D eigenvalue weighted by Crippen LogP contribution is -2.19. The molecule has 12 rings (SSSR count). The van der Waals surface area contributed by atoms with E-state index in [1.54, 1.807) is 166 Å². The normalized spacial score (nSPS) is 14.0. The third-order valence-corrected chi connectivity index (χ3v) is 15.1. The van der Waals surface area contributed by atoms with Crippen molar-refractivity contribution < 1.29 is 43.0 Å². The Bertz CT molecular complexity index is 5310. The molecule has 0 saturated heterocycles. The largest absolute Gasteiger partial charge is 0.397 e. The number of rotatable bonds is 6. The Balaban J connectivity index is 0.000000176. The molecule has 1 unspecified atom stereocenters. The molecule has 0 saturated carbocycles. The van der Waals surface area contributed by atoms with Crippen molar-refractivity contribution in [1.29, 1.82) is 0 Å². The van der Waals surface area contributed by atoms with Crippen molar-refractivity contribution >= 4 is 169 Å². The van der Waals surface area contributed by atoms with Crippen molar-refractivity contribution in [3.63, 3.8) is 0 Å². The molecular formula is C72H78Cl6N12O6. The molecule has 0 aliphatic rings. The lowest BCUT2D eigenvalue weighted by molar-refractivity contribution is 0.0745. The molecule has 18 N–H and O–H groups in total. The smallest absolute Gasteiger partial charge is 0.103 e. The number of hydrogen-bond acceptors (Lipinski definition) is 18. The zero-order chi connectivity index (χ0) is 79.3. The molecule has 0 fully saturated rings. The van der Waals surface area contributed by atoms with Gasteiger partial charge in [-0.15, -0.1) is 0 Å². The molecule has 12 aromatic rings. The van der Waals surface area contributed by atoms with Crippen LogP contribution in [-0.4, -0.2) is 60.5 Å². The Morgan fingerprint density at radius 2 is 0.542 bits per heavy atom. The maximum absolute atomic E-state index is 10.2. The summed E-state index contributed by atoms with van der Waals surface area (Å²) < 4.78 is 68.8. The molecule has 0 spiro atoms. The Morgan fingerprint density at radius 1 is 0.281 bits per heavy atom. The van der Waals surface area contributed by atoms with E-state index in [0.29, 0.717) is 136 Å². The lowest BCUT2D eigenvalue weighted by atomic mass is 10.0. The molecule has 6 heterocycles. The van der Waals surface area contributed by atoms with Gasteiger partial charge >= 0.3 is 0 Å². The molecule has 0 aliphatic carbocycles. The van der Waals surface area contributed by atoms with E-state index >= 15 is 0 Å². The minimum atomic E-state index is -2.62. The summed E-state index contributed by atoms with van der Waals surface area (Å²) in [6, 6.07) is 30.2. The van der Waals surface area contributed by atoms with Crippen LogP contribution in [0.5, 0.6) is 0 Å². The minimum absolute atomic E-state index is 0.0284. The van der Waals surface area contributed by atoms with Gasteiger partial charge in [0, 0.05) is 66.6 Å². The van der Waals surface area contributed by atoms with Gasteiger partial charge in [0.1, 0.15) is 33.6 Å². The van der Waals surface area contributed by atoms with Gasteiger partial charge in [-0.2, -0.15) is 0 Å². The average molecular weight is 1430 g/mol. The Hall–Kier alpha value is -7.92. The number of nitrogens with two attached hydrogens (primary N) is 6. The summed E-state index contributed by atoms with van der Waals surface area (Å²) in [5.74, 6) is 0. The minimum Gasteiger partial charge on any atom is -0.397 e. The first-order chi connectivity index (χ1) is 48.0. The van der Waals surface area contributed by atoms with Gasteiger partial charge in [-0.05, 0) is 228 Å². The van der Waals surface area contributed by atoms with Crippen LogP contribution in [0.2, 0.25) is 30.1 Å². The Kier molecular flexibility index (Phi) is 19.3. The summed E-state index contributed by atoms with van der Waals surface area (Å²) in [5, 5.41) is 66.0. The number of benzene rings is 6. The van der Waals surface area contributed by atoms with E-state index in [0.717, 1.165) is 5.39 Å². The predicted octanol–water partition coefficient (Wildman–Crippen LogP) is 16.2. The van der Waals surface area contributed by atoms with Gasteiger partial charge in [0.05, 0.1) is 110 Å². The molecular weight excluding hydrogens is 1340 g/mol. The highest BCUT2D eigenvalue weighted by molar-refractivity contribution is 6.33. The van der Waals surface area contributed by atoms with Crippen LogP contribution in [0.25, 0.3) is 65.4 Å². The number of nitrogens with zero attached hydrogens (tertiary/aromatic N) is 6.